The second kappa shape index (κ2) is 5.36. The maximum Gasteiger partial charge on any atom is 0.412 e. The summed E-state index contributed by atoms with van der Waals surface area (Å²) >= 11 is 0.421. The van der Waals surface area contributed by atoms with Crippen molar-refractivity contribution in [1.82, 2.24) is 5.32 Å². The van der Waals surface area contributed by atoms with Crippen LogP contribution in [0.1, 0.15) is 31.0 Å². The molecule has 0 bridgehead atoms. The number of aliphatic imine (C=N–C) groups is 1. The van der Waals surface area contributed by atoms with E-state index in [0.29, 0.717) is 11.8 Å². The van der Waals surface area contributed by atoms with Gasteiger partial charge in [0.2, 0.25) is 0 Å². The monoisotopic (exact) mass is 316 g/mol. The molecule has 0 aliphatic carbocycles. The normalized spacial score (nSPS) is 26.0. The van der Waals surface area contributed by atoms with E-state index < -0.39 is 16.8 Å². The smallest absolute Gasteiger partial charge is 0.304 e. The quantitative estimate of drug-likeness (QED) is 0.906. The van der Waals surface area contributed by atoms with Crippen molar-refractivity contribution in [3.63, 3.8) is 0 Å². The maximum absolute atomic E-state index is 13.0. The molecule has 1 saturated heterocycles. The molecule has 1 aliphatic heterocycles. The number of alkyl halides is 3. The highest BCUT2D eigenvalue weighted by Gasteiger charge is 2.61. The summed E-state index contributed by atoms with van der Waals surface area (Å²) in [7, 11) is 0. The summed E-state index contributed by atoms with van der Waals surface area (Å²) in [6, 6.07) is 7.18. The molecule has 1 aliphatic rings. The summed E-state index contributed by atoms with van der Waals surface area (Å²) in [6.45, 7) is 4.56. The molecular formula is C14H15F3N2OS. The third-order valence-electron chi connectivity index (χ3n) is 3.44. The molecule has 0 saturated carbocycles. The number of rotatable bonds is 2. The number of hydrogen-bond acceptors (Lipinski definition) is 3. The van der Waals surface area contributed by atoms with Crippen molar-refractivity contribution in [3.05, 3.63) is 35.4 Å². The highest BCUT2D eigenvalue weighted by molar-refractivity contribution is 8.16. The number of thioether (sulfide) groups is 1. The lowest BCUT2D eigenvalue weighted by atomic mass is 10.0. The number of halogens is 3. The standard InChI is InChI=1S/C14H15F3N2OS/c1-8-6-4-5-7-10(8)9(2)18-12-19-11(20)13(3,21-12)14(15,16)17/h4-7,9H,1-3H3,(H,18,19,20)/t9-,13?/m0/s1. The third-order valence-corrected chi connectivity index (χ3v) is 4.67. The van der Waals surface area contributed by atoms with E-state index in [0.717, 1.165) is 18.1 Å². The molecule has 1 aromatic carbocycles. The lowest BCUT2D eigenvalue weighted by Crippen LogP contribution is -2.46. The van der Waals surface area contributed by atoms with Gasteiger partial charge in [-0.3, -0.25) is 9.79 Å². The van der Waals surface area contributed by atoms with Crippen LogP contribution in [0.4, 0.5) is 13.2 Å². The van der Waals surface area contributed by atoms with Gasteiger partial charge in [-0.1, -0.05) is 36.0 Å². The molecule has 1 fully saturated rings. The van der Waals surface area contributed by atoms with E-state index in [2.05, 4.69) is 10.3 Å². The number of aryl methyl sites for hydroxylation is 1. The molecule has 1 aromatic rings. The average molecular weight is 316 g/mol. The Morgan fingerprint density at radius 3 is 2.48 bits per heavy atom. The molecule has 2 rings (SSSR count). The van der Waals surface area contributed by atoms with Crippen LogP contribution in [-0.2, 0) is 4.79 Å². The Labute approximate surface area is 125 Å². The summed E-state index contributed by atoms with van der Waals surface area (Å²) in [6.07, 6.45) is -4.62. The first-order chi connectivity index (χ1) is 9.65. The van der Waals surface area contributed by atoms with Crippen molar-refractivity contribution >= 4 is 22.8 Å². The number of benzene rings is 1. The third kappa shape index (κ3) is 2.92. The van der Waals surface area contributed by atoms with E-state index in [4.69, 9.17) is 0 Å². The highest BCUT2D eigenvalue weighted by atomic mass is 32.2. The van der Waals surface area contributed by atoms with Crippen LogP contribution in [0.2, 0.25) is 0 Å². The fourth-order valence-corrected chi connectivity index (χ4v) is 3.03. The van der Waals surface area contributed by atoms with Crippen molar-refractivity contribution in [2.45, 2.75) is 37.7 Å². The fraction of sp³-hybridized carbons (Fsp3) is 0.429. The van der Waals surface area contributed by atoms with Crippen LogP contribution in [0.5, 0.6) is 0 Å². The number of carbonyl (C=O) groups is 1. The van der Waals surface area contributed by atoms with E-state index >= 15 is 0 Å². The van der Waals surface area contributed by atoms with Gasteiger partial charge in [0.05, 0.1) is 6.04 Å². The summed E-state index contributed by atoms with van der Waals surface area (Å²) in [4.78, 5) is 15.8. The molecule has 1 heterocycles. The van der Waals surface area contributed by atoms with Gasteiger partial charge in [0, 0.05) is 0 Å². The second-order valence-electron chi connectivity index (χ2n) is 5.05. The van der Waals surface area contributed by atoms with Crippen LogP contribution in [0.25, 0.3) is 0 Å². The van der Waals surface area contributed by atoms with Gasteiger partial charge >= 0.3 is 6.18 Å². The summed E-state index contributed by atoms with van der Waals surface area (Å²) in [5, 5.41) is 2.23. The summed E-state index contributed by atoms with van der Waals surface area (Å²) in [5.41, 5.74) is 1.92. The zero-order valence-electron chi connectivity index (χ0n) is 11.8. The number of amidine groups is 1. The van der Waals surface area contributed by atoms with Gasteiger partial charge in [0.1, 0.15) is 0 Å². The van der Waals surface area contributed by atoms with Crippen LogP contribution < -0.4 is 5.32 Å². The van der Waals surface area contributed by atoms with Gasteiger partial charge in [0.15, 0.2) is 9.91 Å². The topological polar surface area (TPSA) is 41.5 Å². The molecular weight excluding hydrogens is 301 g/mol. The lowest BCUT2D eigenvalue weighted by molar-refractivity contribution is -0.166. The van der Waals surface area contributed by atoms with Gasteiger partial charge in [0.25, 0.3) is 5.91 Å². The molecule has 1 amide bonds. The molecule has 0 radical (unpaired) electrons. The van der Waals surface area contributed by atoms with Gasteiger partial charge in [-0.25, -0.2) is 0 Å². The summed E-state index contributed by atoms with van der Waals surface area (Å²) < 4.78 is 36.4. The number of carbonyl (C=O) groups excluding carboxylic acids is 1. The molecule has 21 heavy (non-hydrogen) atoms. The largest absolute Gasteiger partial charge is 0.412 e. The SMILES string of the molecule is Cc1ccccc1[C@H](C)N=C1NC(=O)C(C)(C(F)(F)F)S1. The number of nitrogens with zero attached hydrogens (tertiary/aromatic N) is 1. The van der Waals surface area contributed by atoms with Crippen molar-refractivity contribution in [1.29, 1.82) is 0 Å². The van der Waals surface area contributed by atoms with Crippen LogP contribution in [0.3, 0.4) is 0 Å². The molecule has 7 heteroatoms. The second-order valence-corrected chi connectivity index (χ2v) is 6.46. The van der Waals surface area contributed by atoms with E-state index in [1.165, 1.54) is 0 Å². The lowest BCUT2D eigenvalue weighted by Gasteiger charge is -2.21. The van der Waals surface area contributed by atoms with Crippen molar-refractivity contribution in [3.8, 4) is 0 Å². The predicted molar refractivity (Wildman–Crippen MR) is 77.2 cm³/mol. The zero-order valence-corrected chi connectivity index (χ0v) is 12.6. The van der Waals surface area contributed by atoms with E-state index in [9.17, 15) is 18.0 Å². The number of nitrogens with one attached hydrogen (secondary N) is 1. The minimum absolute atomic E-state index is 0.00979. The Hall–Kier alpha value is -1.50. The van der Waals surface area contributed by atoms with E-state index in [1.807, 2.05) is 31.2 Å². The first-order valence-corrected chi connectivity index (χ1v) is 7.17. The van der Waals surface area contributed by atoms with Gasteiger partial charge in [-0.15, -0.1) is 0 Å². The Kier molecular flexibility index (Phi) is 4.06. The van der Waals surface area contributed by atoms with Gasteiger partial charge in [-0.2, -0.15) is 13.2 Å². The zero-order chi connectivity index (χ0) is 15.8. The molecule has 0 aromatic heterocycles. The maximum atomic E-state index is 13.0. The number of amides is 1. The van der Waals surface area contributed by atoms with Crippen molar-refractivity contribution in [2.75, 3.05) is 0 Å². The Morgan fingerprint density at radius 2 is 1.95 bits per heavy atom. The van der Waals surface area contributed by atoms with Crippen LogP contribution in [0, 0.1) is 6.92 Å². The average Bonchev–Trinajstić information content (AvgIpc) is 2.65. The van der Waals surface area contributed by atoms with Crippen molar-refractivity contribution in [2.24, 2.45) is 4.99 Å². The highest BCUT2D eigenvalue weighted by Crippen LogP contribution is 2.45. The molecule has 3 nitrogen and oxygen atoms in total. The Bertz CT molecular complexity index is 600. The Balaban J connectivity index is 2.25. The van der Waals surface area contributed by atoms with Crippen LogP contribution >= 0.6 is 11.8 Å². The fourth-order valence-electron chi connectivity index (χ4n) is 2.03. The van der Waals surface area contributed by atoms with Crippen LogP contribution in [-0.4, -0.2) is 22.0 Å². The van der Waals surface area contributed by atoms with Gasteiger partial charge in [-0.05, 0) is 31.9 Å². The first-order valence-electron chi connectivity index (χ1n) is 6.35. The first kappa shape index (κ1) is 15.9. The molecule has 2 atom stereocenters. The van der Waals surface area contributed by atoms with E-state index in [-0.39, 0.29) is 11.2 Å². The van der Waals surface area contributed by atoms with Crippen molar-refractivity contribution < 1.29 is 18.0 Å². The number of hydrogen-bond donors (Lipinski definition) is 1. The summed E-state index contributed by atoms with van der Waals surface area (Å²) in [5.74, 6) is -1.07. The Morgan fingerprint density at radius 1 is 1.33 bits per heavy atom. The molecule has 1 unspecified atom stereocenters. The van der Waals surface area contributed by atoms with Crippen LogP contribution in [0.15, 0.2) is 29.3 Å². The molecule has 114 valence electrons. The van der Waals surface area contributed by atoms with Gasteiger partial charge < -0.3 is 5.32 Å². The minimum Gasteiger partial charge on any atom is -0.304 e. The predicted octanol–water partition coefficient (Wildman–Crippen LogP) is 3.60. The molecule has 0 spiro atoms. The van der Waals surface area contributed by atoms with E-state index in [1.54, 1.807) is 6.92 Å². The molecule has 1 N–H and O–H groups in total. The minimum atomic E-state index is -4.62.